The summed E-state index contributed by atoms with van der Waals surface area (Å²) in [6.07, 6.45) is 9.64. The lowest BCUT2D eigenvalue weighted by Crippen LogP contribution is -2.36. The number of sulfonamides is 1. The van der Waals surface area contributed by atoms with E-state index in [1.54, 1.807) is 6.08 Å². The topological polar surface area (TPSA) is 87.3 Å². The number of fused-ring (bicyclic) bond motifs is 2. The van der Waals surface area contributed by atoms with Crippen LogP contribution in [-0.4, -0.2) is 26.5 Å². The Bertz CT molecular complexity index is 867. The molecule has 0 saturated carbocycles. The highest BCUT2D eigenvalue weighted by molar-refractivity contribution is 7.92. The average molecular weight is 390 g/mol. The van der Waals surface area contributed by atoms with Gasteiger partial charge in [0.2, 0.25) is 0 Å². The third kappa shape index (κ3) is 3.89. The van der Waals surface area contributed by atoms with Crippen LogP contribution in [0.2, 0.25) is 0 Å². The standard InChI is InChI=1S/C20H27N3O3S/c1-20(9-4-11-21-20)10-12-27(25,26)23-19(24)22-18-16-7-2-5-14(16)13-15-6-3-8-17(15)18/h10,12-13,21H,2-9,11H2,1H3,(H2,22,23,24)/b12-10+/t20-/m0/s1. The van der Waals surface area contributed by atoms with Crippen molar-refractivity contribution < 1.29 is 13.2 Å². The van der Waals surface area contributed by atoms with Crippen molar-refractivity contribution in [2.24, 2.45) is 0 Å². The number of rotatable bonds is 4. The summed E-state index contributed by atoms with van der Waals surface area (Å²) in [4.78, 5) is 12.5. The molecule has 3 aliphatic rings. The van der Waals surface area contributed by atoms with Crippen molar-refractivity contribution in [2.45, 2.75) is 63.8 Å². The van der Waals surface area contributed by atoms with Crippen LogP contribution < -0.4 is 15.4 Å². The second-order valence-electron chi connectivity index (χ2n) is 8.09. The lowest BCUT2D eigenvalue weighted by Gasteiger charge is -2.19. The van der Waals surface area contributed by atoms with E-state index in [0.29, 0.717) is 0 Å². The van der Waals surface area contributed by atoms with Gasteiger partial charge in [0.05, 0.1) is 0 Å². The van der Waals surface area contributed by atoms with Gasteiger partial charge in [-0.25, -0.2) is 17.9 Å². The summed E-state index contributed by atoms with van der Waals surface area (Å²) in [5, 5.41) is 7.24. The number of amides is 2. The molecule has 3 N–H and O–H groups in total. The van der Waals surface area contributed by atoms with E-state index in [-0.39, 0.29) is 5.54 Å². The number of carbonyl (C=O) groups is 1. The molecular weight excluding hydrogens is 362 g/mol. The van der Waals surface area contributed by atoms with Gasteiger partial charge >= 0.3 is 6.03 Å². The Hall–Kier alpha value is -1.86. The molecule has 0 unspecified atom stereocenters. The minimum absolute atomic E-state index is 0.327. The highest BCUT2D eigenvalue weighted by Gasteiger charge is 2.27. The van der Waals surface area contributed by atoms with Gasteiger partial charge in [-0.15, -0.1) is 0 Å². The normalized spacial score (nSPS) is 24.2. The molecule has 1 heterocycles. The lowest BCUT2D eigenvalue weighted by molar-refractivity contribution is 0.256. The maximum Gasteiger partial charge on any atom is 0.333 e. The molecular formula is C20H27N3O3S. The summed E-state index contributed by atoms with van der Waals surface area (Å²) in [5.41, 5.74) is 5.48. The van der Waals surface area contributed by atoms with Crippen LogP contribution in [-0.2, 0) is 35.7 Å². The van der Waals surface area contributed by atoms with Crippen LogP contribution >= 0.6 is 0 Å². The lowest BCUT2D eigenvalue weighted by atomic mass is 9.99. The molecule has 27 heavy (non-hydrogen) atoms. The number of anilines is 1. The number of hydrogen-bond donors (Lipinski definition) is 3. The van der Waals surface area contributed by atoms with Gasteiger partial charge in [0.1, 0.15) is 0 Å². The summed E-state index contributed by atoms with van der Waals surface area (Å²) in [5.74, 6) is 0. The van der Waals surface area contributed by atoms with Crippen LogP contribution in [0.25, 0.3) is 0 Å². The molecule has 1 fully saturated rings. The molecule has 0 aromatic heterocycles. The van der Waals surface area contributed by atoms with Gasteiger partial charge < -0.3 is 10.6 Å². The zero-order valence-corrected chi connectivity index (χ0v) is 16.5. The molecule has 1 saturated heterocycles. The highest BCUT2D eigenvalue weighted by Crippen LogP contribution is 2.38. The number of nitrogens with one attached hydrogen (secondary N) is 3. The molecule has 7 heteroatoms. The summed E-state index contributed by atoms with van der Waals surface area (Å²) < 4.78 is 26.8. The van der Waals surface area contributed by atoms with Crippen molar-refractivity contribution in [3.63, 3.8) is 0 Å². The van der Waals surface area contributed by atoms with Crippen LogP contribution in [0, 0.1) is 0 Å². The maximum atomic E-state index is 12.5. The molecule has 0 spiro atoms. The van der Waals surface area contributed by atoms with Crippen molar-refractivity contribution >= 4 is 21.7 Å². The molecule has 4 rings (SSSR count). The number of urea groups is 1. The molecule has 1 atom stereocenters. The van der Waals surface area contributed by atoms with Gasteiger partial charge in [0.15, 0.2) is 0 Å². The fourth-order valence-electron chi connectivity index (χ4n) is 4.57. The Kier molecular flexibility index (Phi) is 4.76. The minimum atomic E-state index is -3.84. The van der Waals surface area contributed by atoms with Gasteiger partial charge in [0, 0.05) is 16.6 Å². The van der Waals surface area contributed by atoms with Crippen molar-refractivity contribution in [2.75, 3.05) is 11.9 Å². The van der Waals surface area contributed by atoms with Crippen molar-refractivity contribution in [3.05, 3.63) is 39.8 Å². The summed E-state index contributed by atoms with van der Waals surface area (Å²) in [6, 6.07) is 1.60. The Labute approximate surface area is 160 Å². The van der Waals surface area contributed by atoms with Crippen LogP contribution in [0.3, 0.4) is 0 Å². The zero-order valence-electron chi connectivity index (χ0n) is 15.7. The number of aryl methyl sites for hydroxylation is 2. The average Bonchev–Trinajstić information content (AvgIpc) is 3.33. The van der Waals surface area contributed by atoms with Crippen molar-refractivity contribution in [1.29, 1.82) is 0 Å². The van der Waals surface area contributed by atoms with Gasteiger partial charge in [-0.1, -0.05) is 12.1 Å². The summed E-state index contributed by atoms with van der Waals surface area (Å²) >= 11 is 0. The summed E-state index contributed by atoms with van der Waals surface area (Å²) in [6.45, 7) is 2.84. The van der Waals surface area contributed by atoms with Crippen molar-refractivity contribution in [3.8, 4) is 0 Å². The van der Waals surface area contributed by atoms with Gasteiger partial charge in [-0.2, -0.15) is 0 Å². The molecule has 2 amide bonds. The summed E-state index contributed by atoms with van der Waals surface area (Å²) in [7, 11) is -3.84. The second kappa shape index (κ2) is 6.95. The van der Waals surface area contributed by atoms with E-state index in [2.05, 4.69) is 21.4 Å². The van der Waals surface area contributed by atoms with E-state index in [4.69, 9.17) is 0 Å². The molecule has 0 bridgehead atoms. The molecule has 6 nitrogen and oxygen atoms in total. The predicted molar refractivity (Wildman–Crippen MR) is 106 cm³/mol. The van der Waals surface area contributed by atoms with E-state index in [1.165, 1.54) is 22.3 Å². The zero-order chi connectivity index (χ0) is 19.1. The van der Waals surface area contributed by atoms with Gasteiger partial charge in [-0.3, -0.25) is 0 Å². The van der Waals surface area contributed by atoms with E-state index in [9.17, 15) is 13.2 Å². The van der Waals surface area contributed by atoms with E-state index in [1.807, 2.05) is 6.92 Å². The molecule has 1 aliphatic heterocycles. The second-order valence-corrected chi connectivity index (χ2v) is 9.65. The quantitative estimate of drug-likeness (QED) is 0.739. The Morgan fingerprint density at radius 2 is 1.78 bits per heavy atom. The third-order valence-electron chi connectivity index (χ3n) is 5.96. The van der Waals surface area contributed by atoms with Gasteiger partial charge in [-0.05, 0) is 87.1 Å². The highest BCUT2D eigenvalue weighted by atomic mass is 32.2. The molecule has 1 aromatic rings. The van der Waals surface area contributed by atoms with Crippen molar-refractivity contribution in [1.82, 2.24) is 10.0 Å². The first-order chi connectivity index (χ1) is 12.9. The molecule has 1 aromatic carbocycles. The van der Waals surface area contributed by atoms with Crippen LogP contribution in [0.5, 0.6) is 0 Å². The number of hydrogen-bond acceptors (Lipinski definition) is 4. The monoisotopic (exact) mass is 389 g/mol. The van der Waals surface area contributed by atoms with E-state index in [0.717, 1.165) is 69.0 Å². The Morgan fingerprint density at radius 1 is 1.11 bits per heavy atom. The SMILES string of the molecule is C[C@@]1(/C=C/S(=O)(=O)NC(=O)Nc2c3c(cc4c2CCC4)CCC3)CCCN1. The number of carbonyl (C=O) groups excluding carboxylic acids is 1. The number of benzene rings is 1. The molecule has 2 aliphatic carbocycles. The van der Waals surface area contributed by atoms with Crippen LogP contribution in [0.4, 0.5) is 10.5 Å². The van der Waals surface area contributed by atoms with E-state index < -0.39 is 16.1 Å². The smallest absolute Gasteiger partial charge is 0.308 e. The van der Waals surface area contributed by atoms with Crippen LogP contribution in [0.1, 0.15) is 54.9 Å². The fourth-order valence-corrected chi connectivity index (χ4v) is 5.43. The third-order valence-corrected chi connectivity index (χ3v) is 6.93. The Balaban J connectivity index is 1.50. The molecule has 146 valence electrons. The van der Waals surface area contributed by atoms with Crippen LogP contribution in [0.15, 0.2) is 17.6 Å². The van der Waals surface area contributed by atoms with Gasteiger partial charge in [0.25, 0.3) is 10.0 Å². The predicted octanol–water partition coefficient (Wildman–Crippen LogP) is 2.77. The largest absolute Gasteiger partial charge is 0.333 e. The molecule has 0 radical (unpaired) electrons. The first kappa shape index (κ1) is 18.5. The Morgan fingerprint density at radius 3 is 2.37 bits per heavy atom. The van der Waals surface area contributed by atoms with E-state index >= 15 is 0 Å². The first-order valence-corrected chi connectivity index (χ1v) is 11.3. The first-order valence-electron chi connectivity index (χ1n) is 9.80. The maximum absolute atomic E-state index is 12.5. The minimum Gasteiger partial charge on any atom is -0.308 e. The fraction of sp³-hybridized carbons (Fsp3) is 0.550.